The molecule has 0 saturated carbocycles. The summed E-state index contributed by atoms with van der Waals surface area (Å²) >= 11 is 1.69. The van der Waals surface area contributed by atoms with Crippen molar-refractivity contribution in [2.45, 2.75) is 32.7 Å². The first kappa shape index (κ1) is 14.5. The highest BCUT2D eigenvalue weighted by atomic mass is 32.1. The van der Waals surface area contributed by atoms with Crippen LogP contribution < -0.4 is 10.6 Å². The number of nitrogens with zero attached hydrogens (tertiary/aromatic N) is 1. The molecular weight excluding hydrogens is 258 g/mol. The summed E-state index contributed by atoms with van der Waals surface area (Å²) in [5.41, 5.74) is 0.947. The number of amides is 1. The van der Waals surface area contributed by atoms with Crippen LogP contribution in [0.25, 0.3) is 0 Å². The van der Waals surface area contributed by atoms with E-state index >= 15 is 0 Å². The molecule has 1 aromatic rings. The van der Waals surface area contributed by atoms with Crippen LogP contribution in [0.2, 0.25) is 0 Å². The molecule has 2 rings (SSSR count). The molecule has 4 nitrogen and oxygen atoms in total. The van der Waals surface area contributed by atoms with Gasteiger partial charge in [0.1, 0.15) is 0 Å². The monoisotopic (exact) mass is 281 g/mol. The van der Waals surface area contributed by atoms with E-state index in [1.165, 1.54) is 37.2 Å². The van der Waals surface area contributed by atoms with Gasteiger partial charge in [0.05, 0.1) is 5.69 Å². The Kier molecular flexibility index (Phi) is 5.82. The van der Waals surface area contributed by atoms with Crippen molar-refractivity contribution in [3.63, 3.8) is 0 Å². The minimum atomic E-state index is -0.00651. The molecule has 19 heavy (non-hydrogen) atoms. The number of piperidine rings is 1. The van der Waals surface area contributed by atoms with Crippen molar-refractivity contribution in [3.05, 3.63) is 16.3 Å². The first-order valence-corrected chi connectivity index (χ1v) is 7.90. The molecule has 1 saturated heterocycles. The van der Waals surface area contributed by atoms with Gasteiger partial charge in [-0.1, -0.05) is 6.42 Å². The molecule has 5 heteroatoms. The zero-order valence-corrected chi connectivity index (χ0v) is 12.4. The van der Waals surface area contributed by atoms with Crippen LogP contribution in [0.3, 0.4) is 0 Å². The second kappa shape index (κ2) is 7.62. The molecule has 0 spiro atoms. The van der Waals surface area contributed by atoms with Crippen LogP contribution in [0.4, 0.5) is 5.69 Å². The highest BCUT2D eigenvalue weighted by Crippen LogP contribution is 2.21. The molecule has 0 aromatic carbocycles. The Labute approximate surface area is 119 Å². The molecule has 0 unspecified atom stereocenters. The molecule has 1 fully saturated rings. The molecule has 1 aliphatic heterocycles. The topological polar surface area (TPSA) is 44.4 Å². The number of hydrogen-bond acceptors (Lipinski definition) is 4. The average Bonchev–Trinajstić information content (AvgIpc) is 2.82. The van der Waals surface area contributed by atoms with E-state index in [0.29, 0.717) is 0 Å². The molecule has 1 aromatic heterocycles. The summed E-state index contributed by atoms with van der Waals surface area (Å²) in [6.45, 7) is 7.01. The maximum atomic E-state index is 11.1. The third-order valence-electron chi connectivity index (χ3n) is 3.40. The number of rotatable bonds is 6. The van der Waals surface area contributed by atoms with E-state index in [4.69, 9.17) is 0 Å². The van der Waals surface area contributed by atoms with E-state index < -0.39 is 0 Å². The Morgan fingerprint density at radius 2 is 2.16 bits per heavy atom. The summed E-state index contributed by atoms with van der Waals surface area (Å²) in [4.78, 5) is 14.8. The van der Waals surface area contributed by atoms with Crippen LogP contribution in [-0.2, 0) is 11.3 Å². The van der Waals surface area contributed by atoms with Crippen molar-refractivity contribution in [2.75, 3.05) is 31.5 Å². The lowest BCUT2D eigenvalue weighted by atomic mass is 10.1. The maximum Gasteiger partial charge on any atom is 0.221 e. The molecule has 0 radical (unpaired) electrons. The van der Waals surface area contributed by atoms with Crippen molar-refractivity contribution in [3.8, 4) is 0 Å². The van der Waals surface area contributed by atoms with Gasteiger partial charge in [-0.2, -0.15) is 0 Å². The summed E-state index contributed by atoms with van der Waals surface area (Å²) < 4.78 is 0. The largest absolute Gasteiger partial charge is 0.325 e. The number of nitrogens with one attached hydrogen (secondary N) is 2. The van der Waals surface area contributed by atoms with Gasteiger partial charge in [-0.15, -0.1) is 11.3 Å². The molecule has 0 aliphatic carbocycles. The SMILES string of the molecule is CC(=O)Nc1ccsc1CNCCN1CCCCC1. The quantitative estimate of drug-likeness (QED) is 0.786. The molecule has 1 aliphatic rings. The minimum Gasteiger partial charge on any atom is -0.325 e. The fourth-order valence-electron chi connectivity index (χ4n) is 2.40. The lowest BCUT2D eigenvalue weighted by molar-refractivity contribution is -0.114. The number of carbonyl (C=O) groups excluding carboxylic acids is 1. The predicted octanol–water partition coefficient (Wildman–Crippen LogP) is 2.28. The summed E-state index contributed by atoms with van der Waals surface area (Å²) in [6, 6.07) is 1.97. The van der Waals surface area contributed by atoms with Crippen molar-refractivity contribution in [1.29, 1.82) is 0 Å². The molecule has 0 atom stereocenters. The van der Waals surface area contributed by atoms with Crippen LogP contribution in [0.15, 0.2) is 11.4 Å². The van der Waals surface area contributed by atoms with Gasteiger partial charge in [0.25, 0.3) is 0 Å². The first-order chi connectivity index (χ1) is 9.25. The zero-order valence-electron chi connectivity index (χ0n) is 11.6. The lowest BCUT2D eigenvalue weighted by Crippen LogP contribution is -2.35. The normalized spacial score (nSPS) is 16.5. The van der Waals surface area contributed by atoms with E-state index in [9.17, 15) is 4.79 Å². The van der Waals surface area contributed by atoms with Crippen LogP contribution in [0.5, 0.6) is 0 Å². The third kappa shape index (κ3) is 4.93. The van der Waals surface area contributed by atoms with Gasteiger partial charge in [0.2, 0.25) is 5.91 Å². The van der Waals surface area contributed by atoms with E-state index in [0.717, 1.165) is 25.3 Å². The standard InChI is InChI=1S/C14H23N3OS/c1-12(18)16-13-5-10-19-14(13)11-15-6-9-17-7-3-2-4-8-17/h5,10,15H,2-4,6-9,11H2,1H3,(H,16,18). The van der Waals surface area contributed by atoms with Gasteiger partial charge in [0, 0.05) is 31.4 Å². The number of anilines is 1. The molecule has 106 valence electrons. The first-order valence-electron chi connectivity index (χ1n) is 7.03. The van der Waals surface area contributed by atoms with Gasteiger partial charge < -0.3 is 15.5 Å². The van der Waals surface area contributed by atoms with Crippen LogP contribution in [0.1, 0.15) is 31.1 Å². The number of hydrogen-bond donors (Lipinski definition) is 2. The van der Waals surface area contributed by atoms with Crippen LogP contribution in [-0.4, -0.2) is 37.0 Å². The van der Waals surface area contributed by atoms with Crippen LogP contribution in [0, 0.1) is 0 Å². The van der Waals surface area contributed by atoms with Gasteiger partial charge in [0.15, 0.2) is 0 Å². The molecule has 1 amide bonds. The van der Waals surface area contributed by atoms with Crippen molar-refractivity contribution in [2.24, 2.45) is 0 Å². The second-order valence-corrected chi connectivity index (χ2v) is 6.02. The fraction of sp³-hybridized carbons (Fsp3) is 0.643. The van der Waals surface area contributed by atoms with E-state index in [-0.39, 0.29) is 5.91 Å². The van der Waals surface area contributed by atoms with Gasteiger partial charge in [-0.25, -0.2) is 0 Å². The molecule has 2 heterocycles. The summed E-state index contributed by atoms with van der Waals surface area (Å²) in [6.07, 6.45) is 4.08. The Balaban J connectivity index is 1.67. The summed E-state index contributed by atoms with van der Waals surface area (Å²) in [7, 11) is 0. The second-order valence-electron chi connectivity index (χ2n) is 5.02. The Morgan fingerprint density at radius 1 is 1.37 bits per heavy atom. The number of thiophene rings is 1. The highest BCUT2D eigenvalue weighted by Gasteiger charge is 2.09. The fourth-order valence-corrected chi connectivity index (χ4v) is 3.20. The Bertz CT molecular complexity index is 399. The van der Waals surface area contributed by atoms with E-state index in [2.05, 4.69) is 15.5 Å². The van der Waals surface area contributed by atoms with E-state index in [1.54, 1.807) is 18.3 Å². The van der Waals surface area contributed by atoms with Gasteiger partial charge in [-0.3, -0.25) is 4.79 Å². The predicted molar refractivity (Wildman–Crippen MR) is 80.6 cm³/mol. The van der Waals surface area contributed by atoms with Gasteiger partial charge >= 0.3 is 0 Å². The molecular formula is C14H23N3OS. The number of likely N-dealkylation sites (tertiary alicyclic amines) is 1. The molecule has 0 bridgehead atoms. The summed E-state index contributed by atoms with van der Waals surface area (Å²) in [5, 5.41) is 8.35. The minimum absolute atomic E-state index is 0.00651. The zero-order chi connectivity index (χ0) is 13.5. The lowest BCUT2D eigenvalue weighted by Gasteiger charge is -2.26. The third-order valence-corrected chi connectivity index (χ3v) is 4.32. The average molecular weight is 281 g/mol. The van der Waals surface area contributed by atoms with Gasteiger partial charge in [-0.05, 0) is 37.4 Å². The van der Waals surface area contributed by atoms with E-state index in [1.807, 2.05) is 11.4 Å². The van der Waals surface area contributed by atoms with Crippen molar-refractivity contribution >= 4 is 22.9 Å². The molecule has 2 N–H and O–H groups in total. The van der Waals surface area contributed by atoms with Crippen LogP contribution >= 0.6 is 11.3 Å². The Morgan fingerprint density at radius 3 is 2.89 bits per heavy atom. The smallest absolute Gasteiger partial charge is 0.221 e. The van der Waals surface area contributed by atoms with Crippen molar-refractivity contribution < 1.29 is 4.79 Å². The maximum absolute atomic E-state index is 11.1. The Hall–Kier alpha value is -0.910. The highest BCUT2D eigenvalue weighted by molar-refractivity contribution is 7.10. The van der Waals surface area contributed by atoms with Crippen molar-refractivity contribution in [1.82, 2.24) is 10.2 Å². The summed E-state index contributed by atoms with van der Waals surface area (Å²) in [5.74, 6) is -0.00651. The number of carbonyl (C=O) groups is 1.